The van der Waals surface area contributed by atoms with Gasteiger partial charge in [-0.2, -0.15) is 0 Å². The SMILES string of the molecule is C=C(C)C(=O)N(C)C1CC2CC1C1C3CCC(C3)C21.C=C(C)C(=O)NC1CC2CC1C1C3CCC(C3)C21.C=C(C)C(=O)OC1C2CC3CC(C2)CC1C3.C=CC(=O)N(C)C1CC2CC1C1C3CCC(C3)C21.C=CC(=O)NC1CC2CC1C1C3CCC(C3)C21.C=CC(=O)OC1C2CC3CC(C2)CC1C3. The number of ether oxygens (including phenoxy) is 2. The fraction of sp³-hybridized carbons (Fsp3) is 0.802. The summed E-state index contributed by atoms with van der Waals surface area (Å²) in [5.41, 5.74) is 1.88. The number of hydrogen-bond donors (Lipinski definition) is 2. The molecule has 0 radical (unpaired) electrons. The summed E-state index contributed by atoms with van der Waals surface area (Å²) < 4.78 is 11.2. The van der Waals surface area contributed by atoms with Crippen LogP contribution in [0.25, 0.3) is 0 Å². The summed E-state index contributed by atoms with van der Waals surface area (Å²) in [5, 5.41) is 6.42. The summed E-state index contributed by atoms with van der Waals surface area (Å²) in [4.78, 5) is 74.2. The molecule has 4 amide bonds. The van der Waals surface area contributed by atoms with Gasteiger partial charge >= 0.3 is 11.9 Å². The second-order valence-electron chi connectivity index (χ2n) is 40.3. The van der Waals surface area contributed by atoms with E-state index in [9.17, 15) is 28.8 Å². The molecule has 0 spiro atoms. The molecule has 0 saturated heterocycles. The fourth-order valence-corrected chi connectivity index (χ4v) is 33.2. The third-order valence-corrected chi connectivity index (χ3v) is 35.6. The van der Waals surface area contributed by atoms with Crippen molar-refractivity contribution in [1.82, 2.24) is 20.4 Å². The van der Waals surface area contributed by atoms with Gasteiger partial charge < -0.3 is 29.9 Å². The van der Waals surface area contributed by atoms with E-state index in [1.165, 1.54) is 211 Å². The predicted molar refractivity (Wildman–Crippen MR) is 402 cm³/mol. The number of carbonyl (C=O) groups excluding carboxylic acids is 6. The number of hydrogen-bond acceptors (Lipinski definition) is 8. The molecule has 2 N–H and O–H groups in total. The number of fused-ring (bicyclic) bond motifs is 36. The molecule has 12 heteroatoms. The summed E-state index contributed by atoms with van der Waals surface area (Å²) in [6, 6.07) is 1.95. The first-order valence-electron chi connectivity index (χ1n) is 43.0. The fourth-order valence-electron chi connectivity index (χ4n) is 33.2. The molecule has 0 aromatic carbocycles. The van der Waals surface area contributed by atoms with Crippen LogP contribution in [0.5, 0.6) is 0 Å². The molecule has 0 heterocycles. The molecule has 0 aliphatic heterocycles. The van der Waals surface area contributed by atoms with Crippen LogP contribution in [0.2, 0.25) is 0 Å². The maximum atomic E-state index is 12.2. The number of nitrogens with one attached hydrogen (secondary N) is 2. The van der Waals surface area contributed by atoms with Gasteiger partial charge in [0.25, 0.3) is 0 Å². The molecule has 24 fully saturated rings. The molecular formula is C91H130N4O8. The van der Waals surface area contributed by atoms with Crippen LogP contribution in [-0.4, -0.2) is 95.8 Å². The van der Waals surface area contributed by atoms with Gasteiger partial charge in [0.2, 0.25) is 23.6 Å². The van der Waals surface area contributed by atoms with E-state index in [0.717, 1.165) is 166 Å². The maximum Gasteiger partial charge on any atom is 0.333 e. The van der Waals surface area contributed by atoms with Gasteiger partial charge in [-0.25, -0.2) is 9.59 Å². The van der Waals surface area contributed by atoms with Crippen molar-refractivity contribution in [2.24, 2.45) is 189 Å². The molecule has 0 aromatic rings. The largest absolute Gasteiger partial charge is 0.459 e. The van der Waals surface area contributed by atoms with Crippen LogP contribution in [0.3, 0.4) is 0 Å². The first-order valence-corrected chi connectivity index (χ1v) is 43.0. The van der Waals surface area contributed by atoms with E-state index >= 15 is 0 Å². The van der Waals surface area contributed by atoms with Crippen LogP contribution in [0.15, 0.2) is 74.4 Å². The average molecular weight is 1410 g/mol. The zero-order chi connectivity index (χ0) is 71.5. The molecule has 24 saturated carbocycles. The van der Waals surface area contributed by atoms with Crippen LogP contribution in [0.1, 0.15) is 213 Å². The van der Waals surface area contributed by atoms with E-state index in [2.05, 4.69) is 50.1 Å². The van der Waals surface area contributed by atoms with Crippen LogP contribution in [0, 0.1) is 189 Å². The number of amides is 4. The van der Waals surface area contributed by atoms with Gasteiger partial charge in [0.15, 0.2) is 0 Å². The summed E-state index contributed by atoms with van der Waals surface area (Å²) in [6.07, 6.45) is 46.4. The highest BCUT2D eigenvalue weighted by Gasteiger charge is 2.67. The van der Waals surface area contributed by atoms with Gasteiger partial charge in [0.1, 0.15) is 12.2 Å². The number of rotatable bonds is 12. The number of carbonyl (C=O) groups is 6. The molecule has 24 rings (SSSR count). The lowest BCUT2D eigenvalue weighted by atomic mass is 9.55. The lowest BCUT2D eigenvalue weighted by Gasteiger charge is -2.53. The quantitative estimate of drug-likeness (QED) is 0.111. The topological polar surface area (TPSA) is 151 Å². The second-order valence-corrected chi connectivity index (χ2v) is 40.3. The Bertz CT molecular complexity index is 3330. The molecule has 103 heavy (non-hydrogen) atoms. The Kier molecular flexibility index (Phi) is 19.4. The smallest absolute Gasteiger partial charge is 0.333 e. The van der Waals surface area contributed by atoms with Crippen molar-refractivity contribution >= 4 is 35.6 Å². The van der Waals surface area contributed by atoms with Crippen molar-refractivity contribution in [2.45, 2.75) is 250 Å². The third-order valence-electron chi connectivity index (χ3n) is 35.6. The van der Waals surface area contributed by atoms with Crippen molar-refractivity contribution < 1.29 is 38.2 Å². The predicted octanol–water partition coefficient (Wildman–Crippen LogP) is 16.4. The minimum Gasteiger partial charge on any atom is -0.459 e. The van der Waals surface area contributed by atoms with Gasteiger partial charge in [-0.15, -0.1) is 0 Å². The van der Waals surface area contributed by atoms with Crippen molar-refractivity contribution in [3.8, 4) is 0 Å². The third kappa shape index (κ3) is 12.5. The zero-order valence-electron chi connectivity index (χ0n) is 63.8. The molecule has 28 unspecified atom stereocenters. The van der Waals surface area contributed by atoms with Gasteiger partial charge in [-0.1, -0.05) is 39.5 Å². The number of nitrogens with zero attached hydrogens (tertiary/aromatic N) is 2. The van der Waals surface area contributed by atoms with Crippen molar-refractivity contribution in [3.63, 3.8) is 0 Å². The molecule has 24 aliphatic carbocycles. The standard InChI is InChI=1S/C17H25NO.2C16H23NO.C15H21NO.C14H20O2.C13H18O2/c1-9(2)17(19)18(3)14-8-12-7-13(14)16-11-5-4-10(6-11)15(12)16;1-8(2)16(18)17-13-7-11-6-12(13)15-10-4-3-9(5-10)14(11)15;1-3-14(18)17(2)13-8-11-7-12(13)16-10-5-4-9(6-10)15(11)16;1-2-13(17)16-12-7-10-6-11(12)15-9-4-3-8(5-9)14(10)15;1-8(2)14(15)16-13-11-4-9-3-10(6-11)7-12(13)5-9;1-2-12(14)15-13-10-4-8-3-9(6-10)7-11(13)5-8/h10-16H,1,4-8H2,2-3H3;9-15H,1,3-7H2,2H3,(H,17,18);3,9-13,15-16H,1,4-8H2,2H3;2,8-12,14-15H,1,3-7H2,(H,16,17);9-13H,1,3-7H2,2H3;2,8-11,13H,1,3-7H2. The summed E-state index contributed by atoms with van der Waals surface area (Å²) in [6.45, 7) is 27.3. The number of likely N-dealkylation sites (N-methyl/N-ethyl adjacent to an activating group) is 2. The Hall–Kier alpha value is -4.74. The van der Waals surface area contributed by atoms with Crippen LogP contribution in [-0.2, 0) is 38.2 Å². The molecule has 562 valence electrons. The molecule has 24 aliphatic rings. The van der Waals surface area contributed by atoms with Gasteiger partial charge in [-0.05, 0) is 415 Å². The molecular weight excluding hydrogens is 1280 g/mol. The maximum absolute atomic E-state index is 12.2. The van der Waals surface area contributed by atoms with Crippen molar-refractivity contribution in [1.29, 1.82) is 0 Å². The summed E-state index contributed by atoms with van der Waals surface area (Å²) in [7, 11) is 3.99. The average Bonchev–Trinajstić information content (AvgIpc) is 1.58. The Labute approximate surface area is 618 Å². The highest BCUT2D eigenvalue weighted by molar-refractivity contribution is 5.93. The lowest BCUT2D eigenvalue weighted by Crippen LogP contribution is -2.50. The van der Waals surface area contributed by atoms with Crippen LogP contribution < -0.4 is 10.6 Å². The van der Waals surface area contributed by atoms with Gasteiger partial charge in [-0.3, -0.25) is 19.2 Å². The van der Waals surface area contributed by atoms with Crippen molar-refractivity contribution in [2.75, 3.05) is 14.1 Å². The molecule has 0 aromatic heterocycles. The number of esters is 2. The monoisotopic (exact) mass is 1410 g/mol. The minimum absolute atomic E-state index is 0.0299. The first-order chi connectivity index (χ1) is 49.6. The Balaban J connectivity index is 0.0000000918. The van der Waals surface area contributed by atoms with Crippen LogP contribution >= 0.6 is 0 Å². The minimum atomic E-state index is -0.229. The lowest BCUT2D eigenvalue weighted by molar-refractivity contribution is -0.166. The summed E-state index contributed by atoms with van der Waals surface area (Å²) in [5.74, 6) is 29.4. The Morgan fingerprint density at radius 1 is 0.340 bits per heavy atom. The summed E-state index contributed by atoms with van der Waals surface area (Å²) >= 11 is 0. The Morgan fingerprint density at radius 3 is 1.05 bits per heavy atom. The van der Waals surface area contributed by atoms with Crippen LogP contribution in [0.4, 0.5) is 0 Å². The zero-order valence-corrected chi connectivity index (χ0v) is 63.8. The normalized spacial score (nSPS) is 49.7. The molecule has 24 bridgehead atoms. The van der Waals surface area contributed by atoms with E-state index in [4.69, 9.17) is 9.47 Å². The second kappa shape index (κ2) is 28.0. The van der Waals surface area contributed by atoms with E-state index in [0.29, 0.717) is 64.6 Å². The van der Waals surface area contributed by atoms with E-state index in [1.54, 1.807) is 6.92 Å². The van der Waals surface area contributed by atoms with Gasteiger partial charge in [0.05, 0.1) is 0 Å². The highest BCUT2D eigenvalue weighted by Crippen LogP contribution is 2.72. The van der Waals surface area contributed by atoms with E-state index < -0.39 is 0 Å². The van der Waals surface area contributed by atoms with E-state index in [1.807, 2.05) is 37.7 Å². The highest BCUT2D eigenvalue weighted by atomic mass is 16.5. The Morgan fingerprint density at radius 2 is 0.689 bits per heavy atom. The molecule has 12 nitrogen and oxygen atoms in total. The first kappa shape index (κ1) is 71.2. The van der Waals surface area contributed by atoms with Crippen molar-refractivity contribution in [3.05, 3.63) is 74.4 Å². The van der Waals surface area contributed by atoms with Gasteiger partial charge in [0, 0.05) is 61.1 Å². The molecule has 28 atom stereocenters. The van der Waals surface area contributed by atoms with E-state index in [-0.39, 0.29) is 47.8 Å².